The third-order valence-corrected chi connectivity index (χ3v) is 6.86. The third kappa shape index (κ3) is 4.26. The van der Waals surface area contributed by atoms with Crippen molar-refractivity contribution in [3.63, 3.8) is 0 Å². The SMILES string of the molecule is N#Cc1c(N)nc(SCc2nc(-c3ccccc3)cs2)c(C#N)c1-c1ccccc1Cl. The van der Waals surface area contributed by atoms with Crippen molar-refractivity contribution < 1.29 is 0 Å². The maximum Gasteiger partial charge on any atom is 0.143 e. The van der Waals surface area contributed by atoms with Crippen molar-refractivity contribution in [1.29, 1.82) is 10.5 Å². The Bertz CT molecular complexity index is 1340. The minimum Gasteiger partial charge on any atom is -0.383 e. The van der Waals surface area contributed by atoms with E-state index >= 15 is 0 Å². The highest BCUT2D eigenvalue weighted by Gasteiger charge is 2.22. The zero-order valence-corrected chi connectivity index (χ0v) is 18.4. The number of pyridine rings is 1. The summed E-state index contributed by atoms with van der Waals surface area (Å²) >= 11 is 9.27. The number of nitriles is 2. The van der Waals surface area contributed by atoms with Gasteiger partial charge in [-0.3, -0.25) is 0 Å². The topological polar surface area (TPSA) is 99.4 Å². The van der Waals surface area contributed by atoms with E-state index in [1.54, 1.807) is 35.6 Å². The van der Waals surface area contributed by atoms with Crippen LogP contribution >= 0.6 is 34.7 Å². The van der Waals surface area contributed by atoms with E-state index in [-0.39, 0.29) is 16.9 Å². The van der Waals surface area contributed by atoms with Gasteiger partial charge in [0, 0.05) is 27.1 Å². The van der Waals surface area contributed by atoms with Crippen LogP contribution in [0.5, 0.6) is 0 Å². The molecule has 0 bridgehead atoms. The third-order valence-electron chi connectivity index (χ3n) is 4.51. The molecule has 2 aromatic carbocycles. The highest BCUT2D eigenvalue weighted by molar-refractivity contribution is 7.98. The average Bonchev–Trinajstić information content (AvgIpc) is 3.27. The highest BCUT2D eigenvalue weighted by atomic mass is 35.5. The summed E-state index contributed by atoms with van der Waals surface area (Å²) in [5.74, 6) is 0.593. The van der Waals surface area contributed by atoms with Crippen LogP contribution in [-0.4, -0.2) is 9.97 Å². The minimum absolute atomic E-state index is 0.0723. The molecular weight excluding hydrogens is 446 g/mol. The van der Waals surface area contributed by atoms with Crippen LogP contribution < -0.4 is 5.73 Å². The molecule has 2 N–H and O–H groups in total. The first-order valence-electron chi connectivity index (χ1n) is 9.13. The average molecular weight is 460 g/mol. The standard InChI is InChI=1S/C23H14ClN5S2/c24-18-9-5-4-8-15(18)21-16(10-25)22(27)29-23(17(21)11-26)31-13-20-28-19(12-30-20)14-6-2-1-3-7-14/h1-9,12H,13H2,(H2,27,29). The van der Waals surface area contributed by atoms with E-state index in [1.807, 2.05) is 35.7 Å². The summed E-state index contributed by atoms with van der Waals surface area (Å²) in [5.41, 5.74) is 9.46. The lowest BCUT2D eigenvalue weighted by atomic mass is 9.97. The number of rotatable bonds is 5. The fourth-order valence-electron chi connectivity index (χ4n) is 3.08. The van der Waals surface area contributed by atoms with Crippen LogP contribution in [0.4, 0.5) is 5.82 Å². The Hall–Kier alpha value is -3.36. The molecule has 0 unspecified atom stereocenters. The monoisotopic (exact) mass is 459 g/mol. The molecule has 0 radical (unpaired) electrons. The van der Waals surface area contributed by atoms with Crippen LogP contribution in [0.15, 0.2) is 65.0 Å². The molecule has 8 heteroatoms. The Balaban J connectivity index is 1.70. The molecule has 0 spiro atoms. The van der Waals surface area contributed by atoms with E-state index in [0.717, 1.165) is 16.3 Å². The molecule has 4 rings (SSSR count). The number of benzene rings is 2. The number of nitrogens with two attached hydrogens (primary N) is 1. The van der Waals surface area contributed by atoms with Crippen LogP contribution in [0.1, 0.15) is 16.1 Å². The lowest BCUT2D eigenvalue weighted by molar-refractivity contribution is 1.11. The molecule has 2 aromatic heterocycles. The summed E-state index contributed by atoms with van der Waals surface area (Å²) < 4.78 is 0. The van der Waals surface area contributed by atoms with Crippen molar-refractivity contribution in [3.8, 4) is 34.5 Å². The summed E-state index contributed by atoms with van der Waals surface area (Å²) in [4.78, 5) is 9.02. The molecule has 31 heavy (non-hydrogen) atoms. The van der Waals surface area contributed by atoms with Crippen LogP contribution in [0.2, 0.25) is 5.02 Å². The summed E-state index contributed by atoms with van der Waals surface area (Å²) in [6.45, 7) is 0. The largest absolute Gasteiger partial charge is 0.383 e. The second kappa shape index (κ2) is 9.20. The van der Waals surface area contributed by atoms with E-state index in [0.29, 0.717) is 26.9 Å². The van der Waals surface area contributed by atoms with Gasteiger partial charge in [0.05, 0.1) is 17.0 Å². The summed E-state index contributed by atoms with van der Waals surface area (Å²) in [5, 5.41) is 23.3. The molecule has 150 valence electrons. The van der Waals surface area contributed by atoms with Crippen molar-refractivity contribution in [2.24, 2.45) is 0 Å². The van der Waals surface area contributed by atoms with Gasteiger partial charge < -0.3 is 5.73 Å². The number of thiazole rings is 1. The highest BCUT2D eigenvalue weighted by Crippen LogP contribution is 2.39. The van der Waals surface area contributed by atoms with Gasteiger partial charge in [-0.2, -0.15) is 10.5 Å². The van der Waals surface area contributed by atoms with Crippen molar-refractivity contribution in [2.45, 2.75) is 10.8 Å². The normalized spacial score (nSPS) is 10.4. The molecule has 2 heterocycles. The maximum absolute atomic E-state index is 9.90. The van der Waals surface area contributed by atoms with E-state index in [2.05, 4.69) is 22.1 Å². The lowest BCUT2D eigenvalue weighted by Gasteiger charge is -2.13. The lowest BCUT2D eigenvalue weighted by Crippen LogP contribution is -2.03. The number of hydrogen-bond donors (Lipinski definition) is 1. The first-order chi connectivity index (χ1) is 15.1. The van der Waals surface area contributed by atoms with E-state index in [1.165, 1.54) is 11.8 Å². The minimum atomic E-state index is 0.0723. The second-order valence-corrected chi connectivity index (χ2v) is 8.73. The van der Waals surface area contributed by atoms with Gasteiger partial charge in [0.15, 0.2) is 0 Å². The Labute approximate surface area is 192 Å². The van der Waals surface area contributed by atoms with Gasteiger partial charge in [-0.05, 0) is 6.07 Å². The van der Waals surface area contributed by atoms with Crippen molar-refractivity contribution in [3.05, 3.63) is 81.1 Å². The zero-order valence-electron chi connectivity index (χ0n) is 16.0. The van der Waals surface area contributed by atoms with Crippen LogP contribution in [-0.2, 0) is 5.75 Å². The molecule has 0 amide bonds. The quantitative estimate of drug-likeness (QED) is 0.359. The Morgan fingerprint density at radius 2 is 1.68 bits per heavy atom. The summed E-state index contributed by atoms with van der Waals surface area (Å²) in [6, 6.07) is 21.3. The molecule has 4 aromatic rings. The van der Waals surface area contributed by atoms with Crippen molar-refractivity contribution in [1.82, 2.24) is 9.97 Å². The van der Waals surface area contributed by atoms with E-state index in [9.17, 15) is 10.5 Å². The number of hydrogen-bond acceptors (Lipinski definition) is 7. The maximum atomic E-state index is 9.90. The Morgan fingerprint density at radius 3 is 2.39 bits per heavy atom. The molecule has 0 aliphatic rings. The van der Waals surface area contributed by atoms with Gasteiger partial charge >= 0.3 is 0 Å². The van der Waals surface area contributed by atoms with Crippen LogP contribution in [0, 0.1) is 22.7 Å². The van der Waals surface area contributed by atoms with Gasteiger partial charge in [-0.25, -0.2) is 9.97 Å². The molecule has 5 nitrogen and oxygen atoms in total. The number of halogens is 1. The number of aromatic nitrogens is 2. The van der Waals surface area contributed by atoms with E-state index < -0.39 is 0 Å². The fourth-order valence-corrected chi connectivity index (χ4v) is 5.13. The number of thioether (sulfide) groups is 1. The first kappa shape index (κ1) is 20.9. The molecule has 0 fully saturated rings. The predicted octanol–water partition coefficient (Wildman–Crippen LogP) is 6.14. The zero-order chi connectivity index (χ0) is 21.8. The van der Waals surface area contributed by atoms with Crippen LogP contribution in [0.25, 0.3) is 22.4 Å². The van der Waals surface area contributed by atoms with Crippen molar-refractivity contribution >= 4 is 40.5 Å². The second-order valence-electron chi connectivity index (χ2n) is 6.41. The number of nitrogen functional groups attached to an aromatic ring is 1. The number of anilines is 1. The fraction of sp³-hybridized carbons (Fsp3) is 0.0435. The summed E-state index contributed by atoms with van der Waals surface area (Å²) in [6.07, 6.45) is 0. The van der Waals surface area contributed by atoms with Gasteiger partial charge in [0.25, 0.3) is 0 Å². The predicted molar refractivity (Wildman–Crippen MR) is 126 cm³/mol. The molecule has 0 atom stereocenters. The molecule has 0 aliphatic carbocycles. The Kier molecular flexibility index (Phi) is 6.20. The van der Waals surface area contributed by atoms with Gasteiger partial charge in [-0.15, -0.1) is 11.3 Å². The smallest absolute Gasteiger partial charge is 0.143 e. The molecule has 0 saturated carbocycles. The molecule has 0 saturated heterocycles. The van der Waals surface area contributed by atoms with Gasteiger partial charge in [0.2, 0.25) is 0 Å². The Morgan fingerprint density at radius 1 is 0.968 bits per heavy atom. The van der Waals surface area contributed by atoms with Crippen LogP contribution in [0.3, 0.4) is 0 Å². The first-order valence-corrected chi connectivity index (χ1v) is 11.4. The molecular formula is C23H14ClN5S2. The number of nitrogens with zero attached hydrogens (tertiary/aromatic N) is 4. The molecule has 0 aliphatic heterocycles. The van der Waals surface area contributed by atoms with E-state index in [4.69, 9.17) is 17.3 Å². The van der Waals surface area contributed by atoms with Gasteiger partial charge in [-0.1, -0.05) is 71.9 Å². The summed E-state index contributed by atoms with van der Waals surface area (Å²) in [7, 11) is 0. The van der Waals surface area contributed by atoms with Crippen molar-refractivity contribution in [2.75, 3.05) is 5.73 Å². The van der Waals surface area contributed by atoms with Gasteiger partial charge in [0.1, 0.15) is 33.6 Å².